The minimum Gasteiger partial charge on any atom is -0.527 e. The van der Waals surface area contributed by atoms with Crippen LogP contribution in [0, 0.1) is 0 Å². The van der Waals surface area contributed by atoms with Gasteiger partial charge in [-0.15, -0.1) is 0 Å². The van der Waals surface area contributed by atoms with Gasteiger partial charge in [-0.25, -0.2) is 9.78 Å². The maximum Gasteiger partial charge on any atom is 0.320 e. The van der Waals surface area contributed by atoms with Crippen LogP contribution in [0.15, 0.2) is 24.4 Å². The molecule has 2 N–H and O–H groups in total. The molecule has 0 saturated carbocycles. The van der Waals surface area contributed by atoms with E-state index in [0.717, 1.165) is 0 Å². The van der Waals surface area contributed by atoms with Crippen molar-refractivity contribution in [2.45, 2.75) is 12.5 Å². The van der Waals surface area contributed by atoms with Gasteiger partial charge in [0.2, 0.25) is 0 Å². The maximum atomic E-state index is 11.6. The van der Waals surface area contributed by atoms with Crippen molar-refractivity contribution in [2.24, 2.45) is 0 Å². The van der Waals surface area contributed by atoms with Crippen molar-refractivity contribution in [2.75, 3.05) is 33.2 Å². The van der Waals surface area contributed by atoms with Crippen molar-refractivity contribution < 1.29 is 18.1 Å². The molecule has 0 atom stereocenters. The highest BCUT2D eigenvalue weighted by atomic mass is 28.4. The van der Waals surface area contributed by atoms with Crippen LogP contribution in [0.5, 0.6) is 0 Å². The summed E-state index contributed by atoms with van der Waals surface area (Å²) in [6, 6.07) is 5.66. The quantitative estimate of drug-likeness (QED) is 0.561. The number of carbonyl (C=O) groups excluding carboxylic acids is 1. The van der Waals surface area contributed by atoms with Crippen LogP contribution in [-0.2, 0) is 13.3 Å². The lowest BCUT2D eigenvalue weighted by molar-refractivity contribution is 0.123. The van der Waals surface area contributed by atoms with Crippen LogP contribution in [-0.4, -0.2) is 47.7 Å². The Morgan fingerprint density at radius 2 is 1.95 bits per heavy atom. The summed E-state index contributed by atoms with van der Waals surface area (Å²) in [5, 5.41) is 5.38. The van der Waals surface area contributed by atoms with Gasteiger partial charge >= 0.3 is 6.03 Å². The summed E-state index contributed by atoms with van der Waals surface area (Å²) in [6.45, 7) is 0.503. The molecule has 1 rings (SSSR count). The third-order valence-corrected chi connectivity index (χ3v) is 5.62. The van der Waals surface area contributed by atoms with Crippen LogP contribution in [0.25, 0.3) is 0 Å². The molecule has 0 fully saturated rings. The van der Waals surface area contributed by atoms with E-state index >= 15 is 0 Å². The van der Waals surface area contributed by atoms with Gasteiger partial charge in [0.1, 0.15) is 5.82 Å². The molecule has 0 aliphatic rings. The minimum atomic E-state index is -2.55. The molecular weight excluding hydrogens is 278 g/mol. The third-order valence-electron chi connectivity index (χ3n) is 2.78. The molecule has 0 aromatic carbocycles. The van der Waals surface area contributed by atoms with Crippen molar-refractivity contribution in [1.82, 2.24) is 10.3 Å². The average molecular weight is 299 g/mol. The predicted molar refractivity (Wildman–Crippen MR) is 77.5 cm³/mol. The highest BCUT2D eigenvalue weighted by Crippen LogP contribution is 2.14. The van der Waals surface area contributed by atoms with Crippen molar-refractivity contribution in [3.8, 4) is 0 Å². The molecule has 0 bridgehead atoms. The monoisotopic (exact) mass is 299 g/mol. The molecular formula is C12H21N3O4Si-. The zero-order valence-electron chi connectivity index (χ0n) is 12.0. The van der Waals surface area contributed by atoms with Gasteiger partial charge in [0.05, 0.1) is 0 Å². The fourth-order valence-corrected chi connectivity index (χ4v) is 3.38. The van der Waals surface area contributed by atoms with Gasteiger partial charge in [-0.1, -0.05) is 18.5 Å². The summed E-state index contributed by atoms with van der Waals surface area (Å²) in [7, 11) is 2.16. The fraction of sp³-hybridized carbons (Fsp3) is 0.500. The van der Waals surface area contributed by atoms with Crippen LogP contribution in [0.1, 0.15) is 6.42 Å². The van der Waals surface area contributed by atoms with Crippen molar-refractivity contribution in [3.63, 3.8) is 0 Å². The molecule has 1 heterocycles. The van der Waals surface area contributed by atoms with Crippen molar-refractivity contribution >= 4 is 20.7 Å². The highest BCUT2D eigenvalue weighted by molar-refractivity contribution is 6.60. The molecule has 0 spiro atoms. The summed E-state index contributed by atoms with van der Waals surface area (Å²) in [4.78, 5) is 15.6. The van der Waals surface area contributed by atoms with E-state index in [0.29, 0.717) is 24.8 Å². The Morgan fingerprint density at radius 3 is 2.50 bits per heavy atom. The molecule has 8 heteroatoms. The lowest BCUT2D eigenvalue weighted by atomic mass is 10.4. The number of amides is 2. The molecule has 0 unspecified atom stereocenters. The SMILES string of the molecule is CO[Si-](CCCNC(=O)Nc1ccccn1)(OC)OC. The van der Waals surface area contributed by atoms with E-state index in [-0.39, 0.29) is 6.03 Å². The number of carbonyl (C=O) groups is 1. The van der Waals surface area contributed by atoms with Gasteiger partial charge in [0.25, 0.3) is 8.80 Å². The van der Waals surface area contributed by atoms with E-state index in [9.17, 15) is 4.79 Å². The molecule has 1 aromatic rings. The number of aromatic nitrogens is 1. The van der Waals surface area contributed by atoms with Gasteiger partial charge in [-0.3, -0.25) is 5.32 Å². The average Bonchev–Trinajstić information content (AvgIpc) is 2.49. The van der Waals surface area contributed by atoms with E-state index in [1.165, 1.54) is 0 Å². The van der Waals surface area contributed by atoms with E-state index in [1.807, 2.05) is 0 Å². The molecule has 1 aromatic heterocycles. The normalized spacial score (nSPS) is 11.2. The van der Waals surface area contributed by atoms with E-state index in [1.54, 1.807) is 45.7 Å². The first-order valence-electron chi connectivity index (χ1n) is 6.27. The van der Waals surface area contributed by atoms with Gasteiger partial charge in [0.15, 0.2) is 0 Å². The van der Waals surface area contributed by atoms with Gasteiger partial charge in [-0.05, 0) is 33.5 Å². The second-order valence-electron chi connectivity index (χ2n) is 3.99. The first kappa shape index (κ1) is 16.6. The van der Waals surface area contributed by atoms with Crippen LogP contribution in [0.4, 0.5) is 10.6 Å². The second-order valence-corrected chi connectivity index (χ2v) is 7.09. The Balaban J connectivity index is 2.25. The fourth-order valence-electron chi connectivity index (χ4n) is 1.66. The van der Waals surface area contributed by atoms with Crippen LogP contribution >= 0.6 is 0 Å². The van der Waals surface area contributed by atoms with Gasteiger partial charge < -0.3 is 18.6 Å². The zero-order chi connectivity index (χ0) is 14.8. The van der Waals surface area contributed by atoms with Crippen molar-refractivity contribution in [3.05, 3.63) is 24.4 Å². The number of hydrogen-bond acceptors (Lipinski definition) is 5. The number of nitrogens with zero attached hydrogens (tertiary/aromatic N) is 1. The maximum absolute atomic E-state index is 11.6. The topological polar surface area (TPSA) is 81.7 Å². The summed E-state index contributed by atoms with van der Waals surface area (Å²) in [5.41, 5.74) is 0. The zero-order valence-corrected chi connectivity index (χ0v) is 13.0. The van der Waals surface area contributed by atoms with E-state index in [4.69, 9.17) is 13.3 Å². The molecule has 0 radical (unpaired) electrons. The van der Waals surface area contributed by atoms with E-state index < -0.39 is 8.80 Å². The number of hydrogen-bond donors (Lipinski definition) is 2. The Labute approximate surface area is 120 Å². The Kier molecular flexibility index (Phi) is 7.16. The molecule has 0 aliphatic heterocycles. The standard InChI is InChI=1S/C12H21N3O4Si/c1-17-20(18-2,19-3)10-6-9-14-12(16)15-11-7-4-5-8-13-11/h4-5,7-8H,6,9-10H2,1-3H3,(H2,13,14,15,16)/q-1. The number of anilines is 1. The summed E-state index contributed by atoms with van der Waals surface area (Å²) < 4.78 is 15.9. The first-order valence-corrected chi connectivity index (χ1v) is 8.20. The Bertz CT molecular complexity index is 393. The smallest absolute Gasteiger partial charge is 0.320 e. The van der Waals surface area contributed by atoms with Crippen LogP contribution in [0.2, 0.25) is 6.04 Å². The van der Waals surface area contributed by atoms with Crippen LogP contribution < -0.4 is 10.6 Å². The van der Waals surface area contributed by atoms with Gasteiger partial charge in [-0.2, -0.15) is 0 Å². The lowest BCUT2D eigenvalue weighted by Gasteiger charge is -2.38. The molecule has 20 heavy (non-hydrogen) atoms. The number of rotatable bonds is 8. The molecule has 0 aliphatic carbocycles. The van der Waals surface area contributed by atoms with Crippen LogP contribution in [0.3, 0.4) is 0 Å². The summed E-state index contributed by atoms with van der Waals surface area (Å²) in [5.74, 6) is 0.513. The third kappa shape index (κ3) is 5.25. The molecule has 2 amide bonds. The molecule has 113 valence electrons. The molecule has 7 nitrogen and oxygen atoms in total. The second kappa shape index (κ2) is 8.64. The Hall–Kier alpha value is -1.48. The lowest BCUT2D eigenvalue weighted by Crippen LogP contribution is -2.43. The summed E-state index contributed by atoms with van der Waals surface area (Å²) >= 11 is 0. The number of pyridine rings is 1. The van der Waals surface area contributed by atoms with Gasteiger partial charge in [0, 0.05) is 12.7 Å². The van der Waals surface area contributed by atoms with Crippen molar-refractivity contribution in [1.29, 1.82) is 0 Å². The first-order chi connectivity index (χ1) is 9.65. The molecule has 0 saturated heterocycles. The number of urea groups is 1. The summed E-state index contributed by atoms with van der Waals surface area (Å²) in [6.07, 6.45) is 2.32. The highest BCUT2D eigenvalue weighted by Gasteiger charge is 2.21. The minimum absolute atomic E-state index is 0.289. The largest absolute Gasteiger partial charge is 0.527 e. The number of nitrogens with one attached hydrogen (secondary N) is 2. The predicted octanol–water partition coefficient (Wildman–Crippen LogP) is 1.47. The van der Waals surface area contributed by atoms with E-state index in [2.05, 4.69) is 15.6 Å². The Morgan fingerprint density at radius 1 is 1.25 bits per heavy atom.